The van der Waals surface area contributed by atoms with E-state index in [1.165, 1.54) is 244 Å². The molecule has 0 aromatic rings. The predicted octanol–water partition coefficient (Wildman–Crippen LogP) is 25.5. The van der Waals surface area contributed by atoms with Crippen molar-refractivity contribution in [3.8, 4) is 0 Å². The molecular formula is C85H162O17P2. The van der Waals surface area contributed by atoms with Crippen LogP contribution in [0.3, 0.4) is 0 Å². The molecule has 0 saturated carbocycles. The van der Waals surface area contributed by atoms with Crippen LogP contribution in [-0.2, 0) is 65.4 Å². The van der Waals surface area contributed by atoms with Gasteiger partial charge in [0.05, 0.1) is 26.4 Å². The summed E-state index contributed by atoms with van der Waals surface area (Å²) in [5, 5.41) is 10.7. The average molecular weight is 1520 g/mol. The summed E-state index contributed by atoms with van der Waals surface area (Å²) >= 11 is 0. The highest BCUT2D eigenvalue weighted by molar-refractivity contribution is 7.47. The molecule has 0 saturated heterocycles. The van der Waals surface area contributed by atoms with Crippen molar-refractivity contribution in [1.82, 2.24) is 0 Å². The van der Waals surface area contributed by atoms with Crippen LogP contribution in [0.5, 0.6) is 0 Å². The molecule has 0 radical (unpaired) electrons. The van der Waals surface area contributed by atoms with Gasteiger partial charge in [-0.2, -0.15) is 0 Å². The molecule has 17 nitrogen and oxygen atoms in total. The van der Waals surface area contributed by atoms with E-state index >= 15 is 0 Å². The number of ether oxygens (including phenoxy) is 4. The van der Waals surface area contributed by atoms with Gasteiger partial charge in [0.2, 0.25) is 0 Å². The van der Waals surface area contributed by atoms with Crippen LogP contribution in [0.15, 0.2) is 24.3 Å². The predicted molar refractivity (Wildman–Crippen MR) is 428 cm³/mol. The molecule has 0 aliphatic carbocycles. The molecule has 0 rings (SSSR count). The number of allylic oxidation sites excluding steroid dienone is 4. The minimum absolute atomic E-state index is 0.0856. The Kier molecular flexibility index (Phi) is 75.4. The normalized spacial score (nSPS) is 13.9. The third-order valence-corrected chi connectivity index (χ3v) is 21.3. The molecule has 0 heterocycles. The minimum Gasteiger partial charge on any atom is -0.462 e. The average Bonchev–Trinajstić information content (AvgIpc) is 0.919. The third kappa shape index (κ3) is 77.7. The first-order chi connectivity index (χ1) is 50.5. The van der Waals surface area contributed by atoms with Crippen LogP contribution in [0.2, 0.25) is 0 Å². The molecule has 0 aliphatic heterocycles. The van der Waals surface area contributed by atoms with E-state index in [1.54, 1.807) is 0 Å². The minimum atomic E-state index is -4.97. The Bertz CT molecular complexity index is 2070. The van der Waals surface area contributed by atoms with E-state index in [0.717, 1.165) is 109 Å². The topological polar surface area (TPSA) is 237 Å². The zero-order valence-corrected chi connectivity index (χ0v) is 69.4. The fourth-order valence-corrected chi connectivity index (χ4v) is 14.3. The standard InChI is InChI=1S/C85H162O17P2/c1-6-9-12-15-18-21-24-26-28-29-30-31-32-38-42-46-51-56-61-66-71-85(90)102-81(75-96-83(88)69-64-59-54-49-44-40-37-34-33-36-39-43-47-52-57-62-67-78(4)5)77-100-104(93,94)98-73-79(86)72-97-103(91,92)99-76-80(74-95-82(87)68-63-58-53-48-23-20-17-14-11-8-3)101-84(89)70-65-60-55-50-45-41-35-27-25-22-19-16-13-10-7-2/h22,25,27,35,78-81,86H,6-21,23-24,26,28-34,36-77H2,1-5H3,(H,91,92)(H,93,94)/b25-22-,35-27-/t79-,80+,81+/m0/s1. The molecule has 3 N–H and O–H groups in total. The van der Waals surface area contributed by atoms with Crippen molar-refractivity contribution in [2.45, 2.75) is 451 Å². The van der Waals surface area contributed by atoms with Crippen LogP contribution in [0, 0.1) is 5.92 Å². The first kappa shape index (κ1) is 102. The van der Waals surface area contributed by atoms with E-state index in [1.807, 2.05) is 0 Å². The second-order valence-electron chi connectivity index (χ2n) is 30.4. The summed E-state index contributed by atoms with van der Waals surface area (Å²) in [6.07, 6.45) is 73.0. The molecular weight excluding hydrogens is 1350 g/mol. The Morgan fingerprint density at radius 2 is 0.519 bits per heavy atom. The number of unbranched alkanes of at least 4 members (excludes halogenated alkanes) is 52. The molecule has 0 bridgehead atoms. The quantitative estimate of drug-likeness (QED) is 0.0169. The van der Waals surface area contributed by atoms with Crippen LogP contribution in [0.1, 0.15) is 433 Å². The summed E-state index contributed by atoms with van der Waals surface area (Å²) in [5.74, 6) is -1.32. The highest BCUT2D eigenvalue weighted by Crippen LogP contribution is 2.45. The molecule has 5 atom stereocenters. The first-order valence-electron chi connectivity index (χ1n) is 43.5. The maximum Gasteiger partial charge on any atom is 0.472 e. The van der Waals surface area contributed by atoms with Crippen molar-refractivity contribution in [2.75, 3.05) is 39.6 Å². The Hall–Kier alpha value is -2.46. The number of phosphoric acid groups is 2. The third-order valence-electron chi connectivity index (χ3n) is 19.4. The van der Waals surface area contributed by atoms with Crippen molar-refractivity contribution < 1.29 is 80.2 Å². The molecule has 2 unspecified atom stereocenters. The smallest absolute Gasteiger partial charge is 0.462 e. The zero-order valence-electron chi connectivity index (χ0n) is 67.7. The molecule has 104 heavy (non-hydrogen) atoms. The zero-order chi connectivity index (χ0) is 76.2. The highest BCUT2D eigenvalue weighted by atomic mass is 31.2. The maximum absolute atomic E-state index is 13.1. The van der Waals surface area contributed by atoms with Crippen molar-refractivity contribution in [3.05, 3.63) is 24.3 Å². The SMILES string of the molecule is CCCCCC/C=C\C=C/CCCCCCCC(=O)O[C@H](COC(=O)CCCCCCCCCCCC)COP(=O)(O)OC[C@H](O)COP(=O)(O)OC[C@@H](COC(=O)CCCCCCCCCCCCCCCCCCC(C)C)OC(=O)CCCCCCCCCCCCCCCCCCCCCC. The number of hydrogen-bond acceptors (Lipinski definition) is 15. The van der Waals surface area contributed by atoms with Gasteiger partial charge in [-0.25, -0.2) is 9.13 Å². The Balaban J connectivity index is 5.25. The van der Waals surface area contributed by atoms with E-state index in [9.17, 15) is 43.2 Å². The molecule has 0 spiro atoms. The fraction of sp³-hybridized carbons (Fsp3) is 0.906. The molecule has 0 aromatic carbocycles. The number of aliphatic hydroxyl groups is 1. The number of aliphatic hydroxyl groups excluding tert-OH is 1. The lowest BCUT2D eigenvalue weighted by Crippen LogP contribution is -2.30. The van der Waals surface area contributed by atoms with Gasteiger partial charge >= 0.3 is 39.5 Å². The van der Waals surface area contributed by atoms with Gasteiger partial charge in [0.1, 0.15) is 19.3 Å². The number of phosphoric ester groups is 2. The summed E-state index contributed by atoms with van der Waals surface area (Å²) in [5.41, 5.74) is 0. The van der Waals surface area contributed by atoms with Gasteiger partial charge < -0.3 is 33.8 Å². The van der Waals surface area contributed by atoms with E-state index < -0.39 is 97.5 Å². The summed E-state index contributed by atoms with van der Waals surface area (Å²) in [7, 11) is -9.94. The van der Waals surface area contributed by atoms with Crippen molar-refractivity contribution in [2.24, 2.45) is 5.92 Å². The Labute approximate surface area is 637 Å². The van der Waals surface area contributed by atoms with E-state index in [4.69, 9.17) is 37.0 Å². The van der Waals surface area contributed by atoms with Crippen LogP contribution >= 0.6 is 15.6 Å². The van der Waals surface area contributed by atoms with Crippen LogP contribution in [-0.4, -0.2) is 96.7 Å². The van der Waals surface area contributed by atoms with Gasteiger partial charge in [0, 0.05) is 25.7 Å². The number of rotatable bonds is 83. The summed E-state index contributed by atoms with van der Waals surface area (Å²) in [6.45, 7) is 7.31. The molecule has 0 aliphatic rings. The molecule has 0 fully saturated rings. The monoisotopic (exact) mass is 1520 g/mol. The van der Waals surface area contributed by atoms with E-state index in [2.05, 4.69) is 58.9 Å². The number of carbonyl (C=O) groups is 4. The maximum atomic E-state index is 13.1. The van der Waals surface area contributed by atoms with Crippen molar-refractivity contribution in [3.63, 3.8) is 0 Å². The second kappa shape index (κ2) is 77.3. The lowest BCUT2D eigenvalue weighted by Gasteiger charge is -2.21. The Morgan fingerprint density at radius 3 is 0.788 bits per heavy atom. The lowest BCUT2D eigenvalue weighted by atomic mass is 10.0. The van der Waals surface area contributed by atoms with Gasteiger partial charge in [0.15, 0.2) is 12.2 Å². The van der Waals surface area contributed by atoms with Gasteiger partial charge in [-0.05, 0) is 57.3 Å². The van der Waals surface area contributed by atoms with E-state index in [-0.39, 0.29) is 25.7 Å². The van der Waals surface area contributed by atoms with Crippen molar-refractivity contribution in [1.29, 1.82) is 0 Å². The summed E-state index contributed by atoms with van der Waals surface area (Å²) < 4.78 is 68.8. The highest BCUT2D eigenvalue weighted by Gasteiger charge is 2.30. The van der Waals surface area contributed by atoms with Gasteiger partial charge in [-0.3, -0.25) is 37.3 Å². The van der Waals surface area contributed by atoms with Gasteiger partial charge in [0.25, 0.3) is 0 Å². The molecule has 614 valence electrons. The second-order valence-corrected chi connectivity index (χ2v) is 33.3. The van der Waals surface area contributed by atoms with Gasteiger partial charge in [-0.1, -0.05) is 380 Å². The number of hydrogen-bond donors (Lipinski definition) is 3. The molecule has 19 heteroatoms. The fourth-order valence-electron chi connectivity index (χ4n) is 12.8. The van der Waals surface area contributed by atoms with Crippen LogP contribution < -0.4 is 0 Å². The largest absolute Gasteiger partial charge is 0.472 e. The lowest BCUT2D eigenvalue weighted by molar-refractivity contribution is -0.161. The van der Waals surface area contributed by atoms with Crippen LogP contribution in [0.4, 0.5) is 0 Å². The van der Waals surface area contributed by atoms with E-state index in [0.29, 0.717) is 25.7 Å². The van der Waals surface area contributed by atoms with Crippen LogP contribution in [0.25, 0.3) is 0 Å². The van der Waals surface area contributed by atoms with Crippen molar-refractivity contribution >= 4 is 39.5 Å². The molecule has 0 aromatic heterocycles. The van der Waals surface area contributed by atoms with Gasteiger partial charge in [-0.15, -0.1) is 0 Å². The number of esters is 4. The summed E-state index contributed by atoms with van der Waals surface area (Å²) in [4.78, 5) is 73.1. The summed E-state index contributed by atoms with van der Waals surface area (Å²) in [6, 6.07) is 0. The molecule has 0 amide bonds. The number of carbonyl (C=O) groups excluding carboxylic acids is 4. The first-order valence-corrected chi connectivity index (χ1v) is 46.4. The Morgan fingerprint density at radius 1 is 0.298 bits per heavy atom.